The molecule has 0 aliphatic carbocycles. The first-order chi connectivity index (χ1) is 13.2. The quantitative estimate of drug-likeness (QED) is 0.488. The van der Waals surface area contributed by atoms with Crippen LogP contribution in [-0.4, -0.2) is 19.1 Å². The van der Waals surface area contributed by atoms with E-state index >= 15 is 0 Å². The van der Waals surface area contributed by atoms with Crippen molar-refractivity contribution < 1.29 is 8.78 Å². The minimum atomic E-state index is -1.11. The molecule has 0 fully saturated rings. The summed E-state index contributed by atoms with van der Waals surface area (Å²) in [6.07, 6.45) is 5.30. The molecule has 0 saturated carbocycles. The van der Waals surface area contributed by atoms with Gasteiger partial charge in [0.15, 0.2) is 0 Å². The SMILES string of the molecule is Fc1cccc(C([SiH2]c2ccccc2)(c2cccc(F)c2)n2ccnc2)c1. The van der Waals surface area contributed by atoms with Crippen molar-refractivity contribution in [2.75, 3.05) is 0 Å². The Bertz CT molecular complexity index is 988. The molecule has 4 aromatic rings. The zero-order valence-corrected chi connectivity index (χ0v) is 16.0. The fourth-order valence-corrected chi connectivity index (χ4v) is 5.94. The second-order valence-corrected chi connectivity index (χ2v) is 8.71. The molecule has 0 atom stereocenters. The Kier molecular flexibility index (Phi) is 4.69. The van der Waals surface area contributed by atoms with Crippen LogP contribution in [-0.2, 0) is 5.16 Å². The van der Waals surface area contributed by atoms with Crippen molar-refractivity contribution in [2.24, 2.45) is 0 Å². The van der Waals surface area contributed by atoms with Crippen molar-refractivity contribution in [3.05, 3.63) is 120 Å². The molecule has 0 spiro atoms. The smallest absolute Gasteiger partial charge is 0.123 e. The average molecular weight is 376 g/mol. The normalized spacial score (nSPS) is 11.9. The Morgan fingerprint density at radius 1 is 0.778 bits per heavy atom. The molecule has 0 aliphatic rings. The van der Waals surface area contributed by atoms with E-state index in [2.05, 4.69) is 17.1 Å². The summed E-state index contributed by atoms with van der Waals surface area (Å²) in [5, 5.41) is 0.502. The molecule has 0 bridgehead atoms. The van der Waals surface area contributed by atoms with Gasteiger partial charge in [0.25, 0.3) is 0 Å². The number of benzene rings is 3. The summed E-state index contributed by atoms with van der Waals surface area (Å²) in [4.78, 5) is 4.22. The van der Waals surface area contributed by atoms with Crippen LogP contribution < -0.4 is 5.19 Å². The lowest BCUT2D eigenvalue weighted by atomic mass is 9.97. The molecule has 0 amide bonds. The molecule has 0 unspecified atom stereocenters. The average Bonchev–Trinajstić information content (AvgIpc) is 3.22. The summed E-state index contributed by atoms with van der Waals surface area (Å²) in [5.74, 6) is -0.620. The maximum Gasteiger partial charge on any atom is 0.123 e. The second-order valence-electron chi connectivity index (χ2n) is 6.51. The summed E-state index contributed by atoms with van der Waals surface area (Å²) in [7, 11) is -1.11. The summed E-state index contributed by atoms with van der Waals surface area (Å²) in [5.41, 5.74) is 1.59. The molecule has 5 heteroatoms. The minimum Gasteiger partial charge on any atom is -0.326 e. The number of hydrogen-bond acceptors (Lipinski definition) is 1. The van der Waals surface area contributed by atoms with Gasteiger partial charge in [0, 0.05) is 12.4 Å². The highest BCUT2D eigenvalue weighted by molar-refractivity contribution is 6.57. The van der Waals surface area contributed by atoms with Crippen LogP contribution in [0.25, 0.3) is 0 Å². The zero-order valence-electron chi connectivity index (χ0n) is 14.6. The minimum absolute atomic E-state index is 0.310. The lowest BCUT2D eigenvalue weighted by Crippen LogP contribution is -2.46. The van der Waals surface area contributed by atoms with Gasteiger partial charge in [-0.1, -0.05) is 59.8 Å². The van der Waals surface area contributed by atoms with Crippen molar-refractivity contribution in [3.63, 3.8) is 0 Å². The highest BCUT2D eigenvalue weighted by atomic mass is 28.2. The van der Waals surface area contributed by atoms with E-state index in [0.29, 0.717) is 0 Å². The van der Waals surface area contributed by atoms with Crippen molar-refractivity contribution in [2.45, 2.75) is 5.16 Å². The highest BCUT2D eigenvalue weighted by Gasteiger charge is 2.37. The van der Waals surface area contributed by atoms with E-state index in [9.17, 15) is 8.78 Å². The van der Waals surface area contributed by atoms with Crippen molar-refractivity contribution in [3.8, 4) is 0 Å². The number of hydrogen-bond donors (Lipinski definition) is 0. The van der Waals surface area contributed by atoms with E-state index in [1.807, 2.05) is 41.1 Å². The standard InChI is InChI=1S/C22H18F2N2Si/c23-19-8-4-6-17(14-19)22(26-13-12-25-16-26,18-7-5-9-20(24)15-18)27-21-10-2-1-3-11-21/h1-16H,27H2. The van der Waals surface area contributed by atoms with E-state index in [4.69, 9.17) is 0 Å². The summed E-state index contributed by atoms with van der Waals surface area (Å²) in [6.45, 7) is 0. The summed E-state index contributed by atoms with van der Waals surface area (Å²) >= 11 is 0. The molecular weight excluding hydrogens is 358 g/mol. The molecule has 2 nitrogen and oxygen atoms in total. The first-order valence-corrected chi connectivity index (χ1v) is 10.1. The van der Waals surface area contributed by atoms with E-state index in [0.717, 1.165) is 11.1 Å². The molecule has 3 aromatic carbocycles. The van der Waals surface area contributed by atoms with Crippen LogP contribution in [0.2, 0.25) is 0 Å². The highest BCUT2D eigenvalue weighted by Crippen LogP contribution is 2.34. The summed E-state index contributed by atoms with van der Waals surface area (Å²) < 4.78 is 30.4. The van der Waals surface area contributed by atoms with Gasteiger partial charge < -0.3 is 4.57 Å². The largest absolute Gasteiger partial charge is 0.326 e. The molecule has 0 N–H and O–H groups in total. The monoisotopic (exact) mass is 376 g/mol. The molecule has 27 heavy (non-hydrogen) atoms. The molecule has 1 heterocycles. The Labute approximate surface area is 159 Å². The number of aromatic nitrogens is 2. The molecular formula is C22H18F2N2Si. The van der Waals surface area contributed by atoms with Crippen LogP contribution in [0.5, 0.6) is 0 Å². The van der Waals surface area contributed by atoms with Crippen molar-refractivity contribution in [1.82, 2.24) is 9.55 Å². The van der Waals surface area contributed by atoms with Crippen LogP contribution in [0.15, 0.2) is 97.6 Å². The fourth-order valence-electron chi connectivity index (χ4n) is 3.63. The van der Waals surface area contributed by atoms with Gasteiger partial charge in [0.05, 0.1) is 21.0 Å². The van der Waals surface area contributed by atoms with E-state index in [-0.39, 0.29) is 11.6 Å². The fraction of sp³-hybridized carbons (Fsp3) is 0.0455. The van der Waals surface area contributed by atoms with Gasteiger partial charge in [-0.25, -0.2) is 13.8 Å². The number of rotatable bonds is 5. The van der Waals surface area contributed by atoms with E-state index < -0.39 is 14.7 Å². The van der Waals surface area contributed by atoms with Crippen LogP contribution in [0.1, 0.15) is 11.1 Å². The molecule has 0 radical (unpaired) electrons. The van der Waals surface area contributed by atoms with Gasteiger partial charge >= 0.3 is 0 Å². The maximum absolute atomic E-state index is 14.2. The molecule has 1 aromatic heterocycles. The molecule has 0 saturated heterocycles. The van der Waals surface area contributed by atoms with E-state index in [1.54, 1.807) is 36.8 Å². The van der Waals surface area contributed by atoms with Crippen LogP contribution in [0.3, 0.4) is 0 Å². The van der Waals surface area contributed by atoms with Gasteiger partial charge in [0.2, 0.25) is 0 Å². The number of imidazole rings is 1. The maximum atomic E-state index is 14.2. The zero-order chi connectivity index (χ0) is 18.7. The third kappa shape index (κ3) is 3.33. The van der Waals surface area contributed by atoms with Gasteiger partial charge in [-0.2, -0.15) is 0 Å². The van der Waals surface area contributed by atoms with Crippen LogP contribution in [0, 0.1) is 11.6 Å². The second kappa shape index (κ2) is 7.29. The Balaban J connectivity index is 2.02. The van der Waals surface area contributed by atoms with E-state index in [1.165, 1.54) is 17.3 Å². The Hall–Kier alpha value is -3.05. The molecule has 0 aliphatic heterocycles. The number of nitrogens with zero attached hydrogens (tertiary/aromatic N) is 2. The first kappa shape index (κ1) is 17.4. The number of halogens is 2. The van der Waals surface area contributed by atoms with Crippen LogP contribution >= 0.6 is 0 Å². The lowest BCUT2D eigenvalue weighted by molar-refractivity contribution is 0.570. The van der Waals surface area contributed by atoms with Gasteiger partial charge in [-0.3, -0.25) is 0 Å². The first-order valence-electron chi connectivity index (χ1n) is 8.73. The third-order valence-corrected chi connectivity index (χ3v) is 7.43. The lowest BCUT2D eigenvalue weighted by Gasteiger charge is -2.37. The third-order valence-electron chi connectivity index (χ3n) is 4.85. The van der Waals surface area contributed by atoms with Gasteiger partial charge in [-0.05, 0) is 35.4 Å². The molecule has 134 valence electrons. The van der Waals surface area contributed by atoms with Crippen molar-refractivity contribution >= 4 is 14.7 Å². The Morgan fingerprint density at radius 3 is 1.93 bits per heavy atom. The molecule has 4 rings (SSSR count). The Morgan fingerprint density at radius 2 is 1.41 bits per heavy atom. The van der Waals surface area contributed by atoms with Crippen LogP contribution in [0.4, 0.5) is 8.78 Å². The topological polar surface area (TPSA) is 17.8 Å². The predicted molar refractivity (Wildman–Crippen MR) is 106 cm³/mol. The predicted octanol–water partition coefficient (Wildman–Crippen LogP) is 3.41. The van der Waals surface area contributed by atoms with Gasteiger partial charge in [0.1, 0.15) is 11.6 Å². The van der Waals surface area contributed by atoms with Crippen molar-refractivity contribution in [1.29, 1.82) is 0 Å². The van der Waals surface area contributed by atoms with Gasteiger partial charge in [-0.15, -0.1) is 0 Å². The summed E-state index contributed by atoms with van der Waals surface area (Å²) in [6, 6.07) is 23.3.